The van der Waals surface area contributed by atoms with Crippen molar-refractivity contribution < 1.29 is 24.2 Å². The van der Waals surface area contributed by atoms with Gasteiger partial charge in [0.15, 0.2) is 0 Å². The van der Waals surface area contributed by atoms with E-state index in [1.165, 1.54) is 0 Å². The first-order valence-electron chi connectivity index (χ1n) is 7.94. The van der Waals surface area contributed by atoms with E-state index in [0.29, 0.717) is 31.1 Å². The molecule has 6 nitrogen and oxygen atoms in total. The van der Waals surface area contributed by atoms with Crippen molar-refractivity contribution in [2.75, 3.05) is 19.8 Å². The number of carbonyl (C=O) groups excluding carboxylic acids is 1. The molecule has 0 aromatic heterocycles. The molecule has 1 aromatic rings. The lowest BCUT2D eigenvalue weighted by molar-refractivity contribution is -0.148. The van der Waals surface area contributed by atoms with Crippen LogP contribution in [0.1, 0.15) is 43.0 Å². The van der Waals surface area contributed by atoms with Crippen LogP contribution in [-0.2, 0) is 9.53 Å². The summed E-state index contributed by atoms with van der Waals surface area (Å²) in [7, 11) is 0. The maximum Gasteiger partial charge on any atom is 0.329 e. The summed E-state index contributed by atoms with van der Waals surface area (Å²) in [5, 5.41) is 12.1. The van der Waals surface area contributed by atoms with Crippen molar-refractivity contribution in [1.29, 1.82) is 0 Å². The van der Waals surface area contributed by atoms with E-state index < -0.39 is 17.4 Å². The molecule has 0 spiro atoms. The van der Waals surface area contributed by atoms with Crippen LogP contribution in [0.25, 0.3) is 0 Å². The largest absolute Gasteiger partial charge is 0.494 e. The van der Waals surface area contributed by atoms with E-state index in [1.54, 1.807) is 24.3 Å². The van der Waals surface area contributed by atoms with Crippen LogP contribution < -0.4 is 10.1 Å². The van der Waals surface area contributed by atoms with Gasteiger partial charge < -0.3 is 19.9 Å². The molecule has 0 atom stereocenters. The Hall–Kier alpha value is -2.08. The number of ether oxygens (including phenoxy) is 2. The molecule has 1 saturated heterocycles. The van der Waals surface area contributed by atoms with E-state index in [1.807, 2.05) is 0 Å². The molecule has 0 saturated carbocycles. The Kier molecular flexibility index (Phi) is 5.98. The number of carboxylic acid groups (broad SMARTS) is 1. The topological polar surface area (TPSA) is 84.9 Å². The van der Waals surface area contributed by atoms with Gasteiger partial charge in [0.05, 0.1) is 6.61 Å². The zero-order valence-electron chi connectivity index (χ0n) is 13.3. The maximum absolute atomic E-state index is 12.3. The lowest BCUT2D eigenvalue weighted by atomic mass is 9.89. The molecule has 0 radical (unpaired) electrons. The highest BCUT2D eigenvalue weighted by molar-refractivity contribution is 5.98. The van der Waals surface area contributed by atoms with Crippen molar-refractivity contribution >= 4 is 11.9 Å². The predicted molar refractivity (Wildman–Crippen MR) is 84.7 cm³/mol. The quantitative estimate of drug-likeness (QED) is 0.752. The van der Waals surface area contributed by atoms with Crippen LogP contribution in [0.15, 0.2) is 24.3 Å². The van der Waals surface area contributed by atoms with Crippen LogP contribution in [0.4, 0.5) is 0 Å². The molecule has 23 heavy (non-hydrogen) atoms. The minimum atomic E-state index is -1.24. The summed E-state index contributed by atoms with van der Waals surface area (Å²) in [6, 6.07) is 6.74. The predicted octanol–water partition coefficient (Wildman–Crippen LogP) is 2.23. The molecule has 1 aliphatic rings. The summed E-state index contributed by atoms with van der Waals surface area (Å²) in [6.07, 6.45) is 2.57. The number of rotatable bonds is 7. The van der Waals surface area contributed by atoms with Crippen molar-refractivity contribution in [3.8, 4) is 5.75 Å². The Labute approximate surface area is 135 Å². The van der Waals surface area contributed by atoms with Gasteiger partial charge in [0.1, 0.15) is 11.3 Å². The number of unbranched alkanes of at least 4 members (excludes halogenated alkanes) is 1. The number of hydrogen-bond donors (Lipinski definition) is 2. The van der Waals surface area contributed by atoms with E-state index in [9.17, 15) is 14.7 Å². The Morgan fingerprint density at radius 3 is 2.48 bits per heavy atom. The van der Waals surface area contributed by atoms with E-state index >= 15 is 0 Å². The molecular formula is C17H23NO5. The number of benzene rings is 1. The minimum absolute atomic E-state index is 0.270. The van der Waals surface area contributed by atoms with Gasteiger partial charge in [-0.3, -0.25) is 4.79 Å². The van der Waals surface area contributed by atoms with Crippen molar-refractivity contribution in [3.05, 3.63) is 29.8 Å². The van der Waals surface area contributed by atoms with Crippen LogP contribution in [0.5, 0.6) is 5.75 Å². The number of aliphatic carboxylic acids is 1. The first-order chi connectivity index (χ1) is 11.1. The van der Waals surface area contributed by atoms with Crippen LogP contribution in [-0.4, -0.2) is 42.3 Å². The number of hydrogen-bond acceptors (Lipinski definition) is 4. The Bertz CT molecular complexity index is 534. The molecule has 1 fully saturated rings. The molecule has 1 heterocycles. The molecule has 6 heteroatoms. The van der Waals surface area contributed by atoms with Crippen LogP contribution in [0, 0.1) is 0 Å². The molecule has 126 valence electrons. The van der Waals surface area contributed by atoms with Crippen LogP contribution in [0.2, 0.25) is 0 Å². The monoisotopic (exact) mass is 321 g/mol. The van der Waals surface area contributed by atoms with Gasteiger partial charge in [0.2, 0.25) is 0 Å². The Balaban J connectivity index is 2.00. The smallest absolute Gasteiger partial charge is 0.329 e. The molecular weight excluding hydrogens is 298 g/mol. The van der Waals surface area contributed by atoms with Gasteiger partial charge in [0.25, 0.3) is 5.91 Å². The van der Waals surface area contributed by atoms with Crippen molar-refractivity contribution in [2.24, 2.45) is 0 Å². The zero-order chi connectivity index (χ0) is 16.7. The molecule has 1 aromatic carbocycles. The normalized spacial score (nSPS) is 16.6. The van der Waals surface area contributed by atoms with Crippen molar-refractivity contribution in [3.63, 3.8) is 0 Å². The second kappa shape index (κ2) is 7.97. The van der Waals surface area contributed by atoms with Crippen LogP contribution in [0.3, 0.4) is 0 Å². The van der Waals surface area contributed by atoms with Gasteiger partial charge in [-0.05, 0) is 30.7 Å². The average molecular weight is 321 g/mol. The van der Waals surface area contributed by atoms with Gasteiger partial charge in [-0.15, -0.1) is 0 Å². The highest BCUT2D eigenvalue weighted by Gasteiger charge is 2.41. The summed E-state index contributed by atoms with van der Waals surface area (Å²) in [4.78, 5) is 23.9. The lowest BCUT2D eigenvalue weighted by Gasteiger charge is -2.33. The van der Waals surface area contributed by atoms with Crippen LogP contribution >= 0.6 is 0 Å². The summed E-state index contributed by atoms with van der Waals surface area (Å²) in [6.45, 7) is 3.39. The third-order valence-electron chi connectivity index (χ3n) is 3.99. The number of amides is 1. The molecule has 1 amide bonds. The summed E-state index contributed by atoms with van der Waals surface area (Å²) in [5.74, 6) is -0.711. The minimum Gasteiger partial charge on any atom is -0.494 e. The second-order valence-corrected chi connectivity index (χ2v) is 5.68. The highest BCUT2D eigenvalue weighted by Crippen LogP contribution is 2.22. The average Bonchev–Trinajstić information content (AvgIpc) is 2.56. The van der Waals surface area contributed by atoms with E-state index in [-0.39, 0.29) is 12.8 Å². The SMILES string of the molecule is CCCCOc1ccc(C(=O)NC2(C(=O)O)CCOCC2)cc1. The number of nitrogens with one attached hydrogen (secondary N) is 1. The summed E-state index contributed by atoms with van der Waals surface area (Å²) >= 11 is 0. The zero-order valence-corrected chi connectivity index (χ0v) is 13.3. The van der Waals surface area contributed by atoms with Gasteiger partial charge in [-0.1, -0.05) is 13.3 Å². The highest BCUT2D eigenvalue weighted by atomic mass is 16.5. The molecule has 2 N–H and O–H groups in total. The molecule has 0 unspecified atom stereocenters. The van der Waals surface area contributed by atoms with E-state index in [4.69, 9.17) is 9.47 Å². The van der Waals surface area contributed by atoms with Gasteiger partial charge in [0, 0.05) is 31.6 Å². The number of carbonyl (C=O) groups is 2. The van der Waals surface area contributed by atoms with E-state index in [0.717, 1.165) is 12.8 Å². The Morgan fingerprint density at radius 1 is 1.26 bits per heavy atom. The molecule has 0 aliphatic carbocycles. The first-order valence-corrected chi connectivity index (χ1v) is 7.94. The van der Waals surface area contributed by atoms with Crippen molar-refractivity contribution in [2.45, 2.75) is 38.1 Å². The lowest BCUT2D eigenvalue weighted by Crippen LogP contribution is -2.57. The van der Waals surface area contributed by atoms with Gasteiger partial charge in [-0.2, -0.15) is 0 Å². The molecule has 0 bridgehead atoms. The third-order valence-corrected chi connectivity index (χ3v) is 3.99. The van der Waals surface area contributed by atoms with Crippen molar-refractivity contribution in [1.82, 2.24) is 5.32 Å². The van der Waals surface area contributed by atoms with Gasteiger partial charge >= 0.3 is 5.97 Å². The standard InChI is InChI=1S/C17H23NO5/c1-2-3-10-23-14-6-4-13(5-7-14)15(19)18-17(16(20)21)8-11-22-12-9-17/h4-7H,2-3,8-12H2,1H3,(H,18,19)(H,20,21). The molecule has 2 rings (SSSR count). The summed E-state index contributed by atoms with van der Waals surface area (Å²) < 4.78 is 10.7. The summed E-state index contributed by atoms with van der Waals surface area (Å²) in [5.41, 5.74) is -0.828. The first kappa shape index (κ1) is 17.3. The maximum atomic E-state index is 12.3. The Morgan fingerprint density at radius 2 is 1.91 bits per heavy atom. The van der Waals surface area contributed by atoms with E-state index in [2.05, 4.69) is 12.2 Å². The number of carboxylic acids is 1. The second-order valence-electron chi connectivity index (χ2n) is 5.68. The fourth-order valence-electron chi connectivity index (χ4n) is 2.44. The molecule has 1 aliphatic heterocycles. The third kappa shape index (κ3) is 4.45. The fraction of sp³-hybridized carbons (Fsp3) is 0.529. The fourth-order valence-corrected chi connectivity index (χ4v) is 2.44. The van der Waals surface area contributed by atoms with Gasteiger partial charge in [-0.25, -0.2) is 4.79 Å².